The number of rotatable bonds is 7. The van der Waals surface area contributed by atoms with Crippen molar-refractivity contribution in [3.8, 4) is 0 Å². The lowest BCUT2D eigenvalue weighted by atomic mass is 9.94. The summed E-state index contributed by atoms with van der Waals surface area (Å²) in [5.41, 5.74) is 9.73. The van der Waals surface area contributed by atoms with Gasteiger partial charge in [-0.2, -0.15) is 0 Å². The van der Waals surface area contributed by atoms with Crippen LogP contribution < -0.4 is 10.6 Å². The zero-order chi connectivity index (χ0) is 14.4. The van der Waals surface area contributed by atoms with Crippen LogP contribution in [0.2, 0.25) is 0 Å². The zero-order valence-corrected chi connectivity index (χ0v) is 12.6. The van der Waals surface area contributed by atoms with Crippen LogP contribution in [-0.4, -0.2) is 30.3 Å². The fourth-order valence-corrected chi connectivity index (χ4v) is 2.89. The molecule has 0 amide bonds. The Morgan fingerprint density at radius 3 is 2.80 bits per heavy atom. The minimum Gasteiger partial charge on any atom is -0.396 e. The van der Waals surface area contributed by atoms with Crippen LogP contribution in [0.1, 0.15) is 48.9 Å². The average molecular weight is 277 g/mol. The number of anilines is 1. The summed E-state index contributed by atoms with van der Waals surface area (Å²) in [6.45, 7) is 1.81. The van der Waals surface area contributed by atoms with Gasteiger partial charge in [-0.05, 0) is 56.6 Å². The highest BCUT2D eigenvalue weighted by molar-refractivity contribution is 5.50. The Kier molecular flexibility index (Phi) is 5.80. The predicted molar refractivity (Wildman–Crippen MR) is 83.0 cm³/mol. The third-order valence-electron chi connectivity index (χ3n) is 4.09. The molecule has 1 aliphatic rings. The number of hydrogen-bond acceptors (Lipinski definition) is 4. The van der Waals surface area contributed by atoms with Gasteiger partial charge in [-0.25, -0.2) is 4.98 Å². The number of aliphatic hydroxyl groups is 1. The van der Waals surface area contributed by atoms with E-state index in [4.69, 9.17) is 15.8 Å². The van der Waals surface area contributed by atoms with Crippen molar-refractivity contribution in [3.05, 3.63) is 22.9 Å². The van der Waals surface area contributed by atoms with Gasteiger partial charge in [-0.15, -0.1) is 0 Å². The zero-order valence-electron chi connectivity index (χ0n) is 12.6. The molecule has 0 fully saturated rings. The minimum atomic E-state index is 0.287. The van der Waals surface area contributed by atoms with Crippen LogP contribution in [0.4, 0.5) is 5.82 Å². The van der Waals surface area contributed by atoms with Crippen LogP contribution in [0.25, 0.3) is 0 Å². The van der Waals surface area contributed by atoms with E-state index in [1.54, 1.807) is 0 Å². The number of nitrogens with two attached hydrogens (primary N) is 1. The van der Waals surface area contributed by atoms with Crippen LogP contribution in [0, 0.1) is 0 Å². The van der Waals surface area contributed by atoms with E-state index in [-0.39, 0.29) is 6.61 Å². The molecular formula is C16H27N3O. The third-order valence-corrected chi connectivity index (χ3v) is 4.09. The molecule has 1 aliphatic carbocycles. The molecule has 2 rings (SSSR count). The third kappa shape index (κ3) is 3.70. The molecule has 0 bridgehead atoms. The maximum absolute atomic E-state index is 8.82. The molecule has 1 aromatic heterocycles. The first-order valence-corrected chi connectivity index (χ1v) is 7.80. The molecule has 20 heavy (non-hydrogen) atoms. The number of nitrogens with zero attached hydrogens (tertiary/aromatic N) is 2. The maximum atomic E-state index is 8.82. The summed E-state index contributed by atoms with van der Waals surface area (Å²) < 4.78 is 0. The van der Waals surface area contributed by atoms with Crippen LogP contribution in [0.3, 0.4) is 0 Å². The quantitative estimate of drug-likeness (QED) is 0.749. The second kappa shape index (κ2) is 7.60. The van der Waals surface area contributed by atoms with Crippen LogP contribution in [-0.2, 0) is 19.4 Å². The molecule has 4 nitrogen and oxygen atoms in total. The summed E-state index contributed by atoms with van der Waals surface area (Å²) in [5.74, 6) is 1.05. The van der Waals surface area contributed by atoms with Gasteiger partial charge in [0.15, 0.2) is 0 Å². The molecule has 0 aliphatic heterocycles. The summed E-state index contributed by atoms with van der Waals surface area (Å²) in [7, 11) is 2.09. The van der Waals surface area contributed by atoms with Gasteiger partial charge in [-0.3, -0.25) is 0 Å². The van der Waals surface area contributed by atoms with Crippen molar-refractivity contribution >= 4 is 5.82 Å². The minimum absolute atomic E-state index is 0.287. The number of aromatic nitrogens is 1. The number of aliphatic hydroxyl groups excluding tert-OH is 1. The molecule has 0 radical (unpaired) electrons. The van der Waals surface area contributed by atoms with Crippen molar-refractivity contribution in [2.75, 3.05) is 25.1 Å². The molecule has 0 unspecified atom stereocenters. The number of pyridine rings is 1. The molecule has 0 atom stereocenters. The molecule has 1 heterocycles. The summed E-state index contributed by atoms with van der Waals surface area (Å²) in [4.78, 5) is 7.10. The largest absolute Gasteiger partial charge is 0.396 e. The van der Waals surface area contributed by atoms with Crippen molar-refractivity contribution in [2.45, 2.75) is 51.5 Å². The van der Waals surface area contributed by atoms with Crippen LogP contribution >= 0.6 is 0 Å². The lowest BCUT2D eigenvalue weighted by Crippen LogP contribution is -2.24. The lowest BCUT2D eigenvalue weighted by molar-refractivity contribution is 0.283. The highest BCUT2D eigenvalue weighted by atomic mass is 16.2. The van der Waals surface area contributed by atoms with E-state index in [2.05, 4.69) is 18.0 Å². The molecule has 4 heteroatoms. The fraction of sp³-hybridized carbons (Fsp3) is 0.688. The number of hydrogen-bond donors (Lipinski definition) is 2. The Bertz CT molecular complexity index is 434. The molecular weight excluding hydrogens is 250 g/mol. The summed E-state index contributed by atoms with van der Waals surface area (Å²) in [6.07, 6.45) is 7.80. The molecule has 112 valence electrons. The van der Waals surface area contributed by atoms with Crippen LogP contribution in [0.5, 0.6) is 0 Å². The standard InChI is InChI=1S/C16H27N3O/c1-19(9-5-2-6-10-20)16-14(12-17)11-13-7-3-4-8-15(13)18-16/h11,20H,2-10,12,17H2,1H3. The van der Waals surface area contributed by atoms with Crippen LogP contribution in [0.15, 0.2) is 6.07 Å². The fourth-order valence-electron chi connectivity index (χ4n) is 2.89. The smallest absolute Gasteiger partial charge is 0.133 e. The van der Waals surface area contributed by atoms with E-state index >= 15 is 0 Å². The number of fused-ring (bicyclic) bond motifs is 1. The van der Waals surface area contributed by atoms with Crippen molar-refractivity contribution in [1.82, 2.24) is 4.98 Å². The first-order chi connectivity index (χ1) is 9.76. The van der Waals surface area contributed by atoms with E-state index in [1.165, 1.54) is 24.1 Å². The lowest BCUT2D eigenvalue weighted by Gasteiger charge is -2.24. The van der Waals surface area contributed by atoms with E-state index < -0.39 is 0 Å². The Labute approximate surface area is 122 Å². The van der Waals surface area contributed by atoms with Gasteiger partial charge in [0, 0.05) is 38.0 Å². The van der Waals surface area contributed by atoms with Crippen molar-refractivity contribution in [2.24, 2.45) is 5.73 Å². The van der Waals surface area contributed by atoms with Gasteiger partial charge in [0.25, 0.3) is 0 Å². The molecule has 0 saturated heterocycles. The van der Waals surface area contributed by atoms with E-state index in [0.717, 1.165) is 50.0 Å². The Balaban J connectivity index is 2.08. The predicted octanol–water partition coefficient (Wildman–Crippen LogP) is 2.02. The van der Waals surface area contributed by atoms with E-state index in [0.29, 0.717) is 6.54 Å². The maximum Gasteiger partial charge on any atom is 0.133 e. The van der Waals surface area contributed by atoms with Gasteiger partial charge in [0.1, 0.15) is 5.82 Å². The summed E-state index contributed by atoms with van der Waals surface area (Å²) in [6, 6.07) is 2.26. The second-order valence-corrected chi connectivity index (χ2v) is 5.69. The first kappa shape index (κ1) is 15.3. The highest BCUT2D eigenvalue weighted by Gasteiger charge is 2.16. The first-order valence-electron chi connectivity index (χ1n) is 7.80. The molecule has 0 aromatic carbocycles. The summed E-state index contributed by atoms with van der Waals surface area (Å²) in [5, 5.41) is 8.82. The summed E-state index contributed by atoms with van der Waals surface area (Å²) >= 11 is 0. The molecule has 0 saturated carbocycles. The van der Waals surface area contributed by atoms with E-state index in [1.807, 2.05) is 0 Å². The van der Waals surface area contributed by atoms with Gasteiger partial charge in [0.2, 0.25) is 0 Å². The van der Waals surface area contributed by atoms with Gasteiger partial charge < -0.3 is 15.7 Å². The second-order valence-electron chi connectivity index (χ2n) is 5.69. The highest BCUT2D eigenvalue weighted by Crippen LogP contribution is 2.26. The molecule has 0 spiro atoms. The van der Waals surface area contributed by atoms with Gasteiger partial charge >= 0.3 is 0 Å². The van der Waals surface area contributed by atoms with Gasteiger partial charge in [0.05, 0.1) is 0 Å². The van der Waals surface area contributed by atoms with E-state index in [9.17, 15) is 0 Å². The van der Waals surface area contributed by atoms with Crippen molar-refractivity contribution in [3.63, 3.8) is 0 Å². The Morgan fingerprint density at radius 2 is 2.05 bits per heavy atom. The monoisotopic (exact) mass is 277 g/mol. The molecule has 1 aromatic rings. The normalized spacial score (nSPS) is 14.2. The average Bonchev–Trinajstić information content (AvgIpc) is 2.50. The van der Waals surface area contributed by atoms with Crippen molar-refractivity contribution < 1.29 is 5.11 Å². The SMILES string of the molecule is CN(CCCCCO)c1nc2c(cc1CN)CCCC2. The number of unbranched alkanes of at least 4 members (excludes halogenated alkanes) is 2. The number of aryl methyl sites for hydroxylation is 2. The Morgan fingerprint density at radius 1 is 1.25 bits per heavy atom. The molecule has 3 N–H and O–H groups in total. The topological polar surface area (TPSA) is 62.4 Å². The Hall–Kier alpha value is -1.13. The van der Waals surface area contributed by atoms with Gasteiger partial charge in [-0.1, -0.05) is 0 Å². The van der Waals surface area contributed by atoms with Crippen molar-refractivity contribution in [1.29, 1.82) is 0 Å².